The lowest BCUT2D eigenvalue weighted by atomic mass is 10.1. The fraction of sp³-hybridized carbons (Fsp3) is 0.316. The van der Waals surface area contributed by atoms with Crippen LogP contribution in [0.4, 0.5) is 11.4 Å². The van der Waals surface area contributed by atoms with Crippen molar-refractivity contribution in [1.82, 2.24) is 5.32 Å². The lowest BCUT2D eigenvalue weighted by Crippen LogP contribution is -2.24. The first-order valence-corrected chi connectivity index (χ1v) is 10.1. The maximum absolute atomic E-state index is 12.8. The third-order valence-electron chi connectivity index (χ3n) is 4.45. The Morgan fingerprint density at radius 1 is 1.11 bits per heavy atom. The van der Waals surface area contributed by atoms with E-state index in [1.54, 1.807) is 37.3 Å². The maximum Gasteiger partial charge on any atom is 0.262 e. The van der Waals surface area contributed by atoms with Crippen molar-refractivity contribution in [3.63, 3.8) is 0 Å². The second-order valence-electron chi connectivity index (χ2n) is 6.63. The molecule has 0 aliphatic carbocycles. The van der Waals surface area contributed by atoms with Crippen LogP contribution in [0.2, 0.25) is 0 Å². The Labute approximate surface area is 166 Å². The number of hydrogen-bond acceptors (Lipinski definition) is 4. The van der Waals surface area contributed by atoms with Crippen LogP contribution in [0, 0.1) is 19.8 Å². The number of nitrogens with one attached hydrogen (secondary N) is 3. The first kappa shape index (κ1) is 21.2. The molecule has 1 atom stereocenters. The fourth-order valence-corrected chi connectivity index (χ4v) is 4.33. The Hall–Kier alpha value is -2.09. The van der Waals surface area contributed by atoms with Crippen LogP contribution in [0.25, 0.3) is 0 Å². The van der Waals surface area contributed by atoms with E-state index >= 15 is 0 Å². The van der Waals surface area contributed by atoms with Crippen LogP contribution >= 0.6 is 12.4 Å². The number of sulfonamides is 1. The van der Waals surface area contributed by atoms with E-state index in [9.17, 15) is 13.2 Å². The highest BCUT2D eigenvalue weighted by Crippen LogP contribution is 2.24. The number of anilines is 2. The van der Waals surface area contributed by atoms with Gasteiger partial charge in [-0.15, -0.1) is 12.4 Å². The normalized spacial score (nSPS) is 16.4. The van der Waals surface area contributed by atoms with E-state index in [0.717, 1.165) is 18.5 Å². The van der Waals surface area contributed by atoms with Gasteiger partial charge in [-0.25, -0.2) is 8.42 Å². The lowest BCUT2D eigenvalue weighted by Gasteiger charge is -2.14. The number of rotatable bonds is 5. The van der Waals surface area contributed by atoms with Gasteiger partial charge in [0.25, 0.3) is 10.0 Å². The third kappa shape index (κ3) is 5.22. The monoisotopic (exact) mass is 409 g/mol. The minimum absolute atomic E-state index is 0. The van der Waals surface area contributed by atoms with Crippen molar-refractivity contribution in [2.24, 2.45) is 5.92 Å². The summed E-state index contributed by atoms with van der Waals surface area (Å²) in [6.07, 6.45) is 0.789. The average Bonchev–Trinajstić information content (AvgIpc) is 3.10. The fourth-order valence-electron chi connectivity index (χ4n) is 3.01. The van der Waals surface area contributed by atoms with E-state index < -0.39 is 10.0 Å². The van der Waals surface area contributed by atoms with E-state index in [2.05, 4.69) is 15.4 Å². The maximum atomic E-state index is 12.8. The molecule has 1 aliphatic rings. The molecule has 3 rings (SSSR count). The van der Waals surface area contributed by atoms with Gasteiger partial charge in [-0.05, 0) is 62.2 Å². The molecule has 0 spiro atoms. The molecule has 8 heteroatoms. The summed E-state index contributed by atoms with van der Waals surface area (Å²) in [5.74, 6) is -0.171. The number of carbonyl (C=O) groups excluding carboxylic acids is 1. The second kappa shape index (κ2) is 8.73. The minimum Gasteiger partial charge on any atom is -0.326 e. The topological polar surface area (TPSA) is 87.3 Å². The number of aryl methyl sites for hydroxylation is 2. The lowest BCUT2D eigenvalue weighted by molar-refractivity contribution is -0.119. The summed E-state index contributed by atoms with van der Waals surface area (Å²) in [6.45, 7) is 5.11. The molecule has 1 unspecified atom stereocenters. The van der Waals surface area contributed by atoms with Gasteiger partial charge < -0.3 is 10.6 Å². The highest BCUT2D eigenvalue weighted by atomic mass is 35.5. The quantitative estimate of drug-likeness (QED) is 0.708. The molecular formula is C19H24ClN3O3S. The molecule has 0 saturated carbocycles. The standard InChI is InChI=1S/C19H23N3O3S.ClH/c1-13-4-3-5-17(10-13)22-26(24,25)18-11-16(7-6-14(18)2)21-19(23)15-8-9-20-12-15;/h3-7,10-11,15,20,22H,8-9,12H2,1-2H3,(H,21,23);1H. The van der Waals surface area contributed by atoms with Crippen molar-refractivity contribution in [3.05, 3.63) is 53.6 Å². The smallest absolute Gasteiger partial charge is 0.262 e. The number of halogens is 1. The van der Waals surface area contributed by atoms with Gasteiger partial charge in [0.2, 0.25) is 5.91 Å². The zero-order chi connectivity index (χ0) is 18.7. The van der Waals surface area contributed by atoms with Gasteiger partial charge in [0, 0.05) is 17.9 Å². The molecule has 1 heterocycles. The molecule has 0 aromatic heterocycles. The molecule has 2 aromatic rings. The van der Waals surface area contributed by atoms with Crippen LogP contribution in [-0.4, -0.2) is 27.4 Å². The highest BCUT2D eigenvalue weighted by Gasteiger charge is 2.23. The first-order valence-electron chi connectivity index (χ1n) is 8.57. The van der Waals surface area contributed by atoms with Crippen LogP contribution in [0.1, 0.15) is 17.5 Å². The predicted octanol–water partition coefficient (Wildman–Crippen LogP) is 3.07. The molecule has 1 fully saturated rings. The molecule has 2 aromatic carbocycles. The van der Waals surface area contributed by atoms with E-state index in [4.69, 9.17) is 0 Å². The summed E-state index contributed by atoms with van der Waals surface area (Å²) in [5.41, 5.74) is 2.58. The van der Waals surface area contributed by atoms with E-state index in [1.807, 2.05) is 13.0 Å². The third-order valence-corrected chi connectivity index (χ3v) is 5.97. The van der Waals surface area contributed by atoms with Gasteiger partial charge in [-0.1, -0.05) is 18.2 Å². The van der Waals surface area contributed by atoms with Crippen molar-refractivity contribution < 1.29 is 13.2 Å². The molecule has 6 nitrogen and oxygen atoms in total. The Morgan fingerprint density at radius 2 is 1.89 bits per heavy atom. The number of carbonyl (C=O) groups is 1. The van der Waals surface area contributed by atoms with Gasteiger partial charge in [0.05, 0.1) is 10.8 Å². The second-order valence-corrected chi connectivity index (χ2v) is 8.29. The predicted molar refractivity (Wildman–Crippen MR) is 110 cm³/mol. The van der Waals surface area contributed by atoms with Gasteiger partial charge in [-0.3, -0.25) is 9.52 Å². The minimum atomic E-state index is -3.75. The Morgan fingerprint density at radius 3 is 2.56 bits per heavy atom. The summed E-state index contributed by atoms with van der Waals surface area (Å²) in [6, 6.07) is 12.1. The van der Waals surface area contributed by atoms with Crippen molar-refractivity contribution in [2.45, 2.75) is 25.2 Å². The molecule has 1 aliphatic heterocycles. The molecule has 1 amide bonds. The summed E-state index contributed by atoms with van der Waals surface area (Å²) in [7, 11) is -3.75. The van der Waals surface area contributed by atoms with Gasteiger partial charge in [-0.2, -0.15) is 0 Å². The molecule has 146 valence electrons. The Balaban J connectivity index is 0.00000261. The van der Waals surface area contributed by atoms with Gasteiger partial charge in [0.15, 0.2) is 0 Å². The SMILES string of the molecule is Cc1cccc(NS(=O)(=O)c2cc(NC(=O)C3CCNC3)ccc2C)c1.Cl. The number of amides is 1. The van der Waals surface area contributed by atoms with Crippen molar-refractivity contribution >= 4 is 39.7 Å². The molecule has 1 saturated heterocycles. The number of benzene rings is 2. The van der Waals surface area contributed by atoms with Crippen LogP contribution < -0.4 is 15.4 Å². The zero-order valence-electron chi connectivity index (χ0n) is 15.3. The average molecular weight is 410 g/mol. The van der Waals surface area contributed by atoms with Crippen LogP contribution in [-0.2, 0) is 14.8 Å². The molecular weight excluding hydrogens is 386 g/mol. The van der Waals surface area contributed by atoms with E-state index in [0.29, 0.717) is 23.5 Å². The summed E-state index contributed by atoms with van der Waals surface area (Å²) in [4.78, 5) is 12.4. The van der Waals surface area contributed by atoms with Gasteiger partial charge in [0.1, 0.15) is 0 Å². The van der Waals surface area contributed by atoms with Crippen molar-refractivity contribution in [1.29, 1.82) is 0 Å². The molecule has 27 heavy (non-hydrogen) atoms. The Kier molecular flexibility index (Phi) is 6.86. The van der Waals surface area contributed by atoms with Gasteiger partial charge >= 0.3 is 0 Å². The van der Waals surface area contributed by atoms with E-state index in [1.165, 1.54) is 6.07 Å². The summed E-state index contributed by atoms with van der Waals surface area (Å²) >= 11 is 0. The molecule has 0 bridgehead atoms. The number of hydrogen-bond donors (Lipinski definition) is 3. The van der Waals surface area contributed by atoms with Crippen molar-refractivity contribution in [3.8, 4) is 0 Å². The first-order chi connectivity index (χ1) is 12.3. The van der Waals surface area contributed by atoms with Crippen LogP contribution in [0.5, 0.6) is 0 Å². The molecule has 3 N–H and O–H groups in total. The van der Waals surface area contributed by atoms with Crippen molar-refractivity contribution in [2.75, 3.05) is 23.1 Å². The summed E-state index contributed by atoms with van der Waals surface area (Å²) < 4.78 is 28.2. The largest absolute Gasteiger partial charge is 0.326 e. The summed E-state index contributed by atoms with van der Waals surface area (Å²) in [5, 5.41) is 5.97. The van der Waals surface area contributed by atoms with Crippen LogP contribution in [0.15, 0.2) is 47.4 Å². The zero-order valence-corrected chi connectivity index (χ0v) is 16.9. The van der Waals surface area contributed by atoms with E-state index in [-0.39, 0.29) is 29.1 Å². The van der Waals surface area contributed by atoms with Crippen LogP contribution in [0.3, 0.4) is 0 Å². The highest BCUT2D eigenvalue weighted by molar-refractivity contribution is 7.92. The molecule has 0 radical (unpaired) electrons. The Bertz CT molecular complexity index is 926.